The molecule has 1 aromatic heterocycles. The zero-order chi connectivity index (χ0) is 9.14. The van der Waals surface area contributed by atoms with Gasteiger partial charge in [0.2, 0.25) is 5.88 Å². The van der Waals surface area contributed by atoms with E-state index in [-0.39, 0.29) is 23.1 Å². The van der Waals surface area contributed by atoms with Crippen molar-refractivity contribution in [3.63, 3.8) is 0 Å². The quantitative estimate of drug-likeness (QED) is 0.633. The van der Waals surface area contributed by atoms with Gasteiger partial charge in [-0.05, 0) is 0 Å². The van der Waals surface area contributed by atoms with Crippen molar-refractivity contribution in [2.75, 3.05) is 14.2 Å². The lowest BCUT2D eigenvalue weighted by atomic mass is 10.6. The van der Waals surface area contributed by atoms with Crippen LogP contribution < -0.4 is 9.47 Å². The van der Waals surface area contributed by atoms with Crippen molar-refractivity contribution in [2.45, 2.75) is 0 Å². The van der Waals surface area contributed by atoms with Crippen molar-refractivity contribution in [2.24, 2.45) is 0 Å². The Kier molecular flexibility index (Phi) is 2.05. The third-order valence-corrected chi connectivity index (χ3v) is 1.16. The molecule has 0 saturated heterocycles. The van der Waals surface area contributed by atoms with Gasteiger partial charge in [-0.1, -0.05) is 11.6 Å². The molecule has 11 heavy (non-hydrogen) atoms. The highest BCUT2D eigenvalue weighted by Gasteiger charge is 2.01. The molecule has 0 spiro atoms. The number of methoxy groups -OCH3 is 2. The van der Waals surface area contributed by atoms with Crippen LogP contribution in [0.15, 0.2) is 6.04 Å². The van der Waals surface area contributed by atoms with Gasteiger partial charge in [-0.15, -0.1) is 0 Å². The van der Waals surface area contributed by atoms with E-state index in [0.717, 1.165) is 0 Å². The zero-order valence-electron chi connectivity index (χ0n) is 7.09. The van der Waals surface area contributed by atoms with Gasteiger partial charge in [-0.3, -0.25) is 0 Å². The van der Waals surface area contributed by atoms with Crippen LogP contribution in [0.4, 0.5) is 0 Å². The van der Waals surface area contributed by atoms with E-state index in [9.17, 15) is 0 Å². The van der Waals surface area contributed by atoms with E-state index in [1.54, 1.807) is 0 Å². The fourth-order valence-corrected chi connectivity index (χ4v) is 0.681. The number of halogens is 1. The molecule has 5 heteroatoms. The molecular weight excluding hydrogens is 168 g/mol. The fraction of sp³-hybridized carbons (Fsp3) is 0.333. The molecular formula is C6H7ClN2O2. The summed E-state index contributed by atoms with van der Waals surface area (Å²) in [4.78, 5) is 7.41. The predicted molar refractivity (Wildman–Crippen MR) is 40.1 cm³/mol. The summed E-state index contributed by atoms with van der Waals surface area (Å²) in [6.45, 7) is 0. The minimum absolute atomic E-state index is 0.0127. The second-order valence-corrected chi connectivity index (χ2v) is 1.99. The van der Waals surface area contributed by atoms with Gasteiger partial charge in [0.15, 0.2) is 0 Å². The van der Waals surface area contributed by atoms with Gasteiger partial charge in [-0.25, -0.2) is 0 Å². The van der Waals surface area contributed by atoms with Crippen LogP contribution in [0.1, 0.15) is 1.37 Å². The number of nitrogens with zero attached hydrogens (tertiary/aromatic N) is 2. The lowest BCUT2D eigenvalue weighted by Crippen LogP contribution is -1.94. The van der Waals surface area contributed by atoms with Crippen LogP contribution in [-0.2, 0) is 0 Å². The Bertz CT molecular complexity index is 295. The van der Waals surface area contributed by atoms with Crippen LogP contribution in [0.3, 0.4) is 0 Å². The first kappa shape index (κ1) is 6.67. The minimum atomic E-state index is -0.0417. The first-order chi connectivity index (χ1) is 5.69. The lowest BCUT2D eigenvalue weighted by molar-refractivity contribution is 0.352. The minimum Gasteiger partial charge on any atom is -0.481 e. The fourth-order valence-electron chi connectivity index (χ4n) is 0.528. The summed E-state index contributed by atoms with van der Waals surface area (Å²) in [5.74, 6) is 0.104. The maximum atomic E-state index is 7.33. The lowest BCUT2D eigenvalue weighted by Gasteiger charge is -2.00. The van der Waals surface area contributed by atoms with Gasteiger partial charge in [0, 0.05) is 6.04 Å². The third-order valence-electron chi connectivity index (χ3n) is 0.977. The molecule has 0 aliphatic carbocycles. The molecule has 0 fully saturated rings. The topological polar surface area (TPSA) is 44.2 Å². The summed E-state index contributed by atoms with van der Waals surface area (Å²) in [7, 11) is 2.81. The zero-order valence-corrected chi connectivity index (χ0v) is 6.84. The molecule has 0 aliphatic heterocycles. The van der Waals surface area contributed by atoms with Crippen molar-refractivity contribution < 1.29 is 10.8 Å². The predicted octanol–water partition coefficient (Wildman–Crippen LogP) is 1.15. The summed E-state index contributed by atoms with van der Waals surface area (Å²) in [5.41, 5.74) is 0. The Labute approximate surface area is 70.5 Å². The van der Waals surface area contributed by atoms with Crippen LogP contribution in [0.25, 0.3) is 0 Å². The summed E-state index contributed by atoms with van der Waals surface area (Å²) in [6, 6.07) is 0.0489. The van der Waals surface area contributed by atoms with Gasteiger partial charge in [0.1, 0.15) is 5.15 Å². The molecule has 4 nitrogen and oxygen atoms in total. The van der Waals surface area contributed by atoms with Crippen LogP contribution in [0.5, 0.6) is 11.9 Å². The highest BCUT2D eigenvalue weighted by atomic mass is 35.5. The Morgan fingerprint density at radius 2 is 2.18 bits per heavy atom. The van der Waals surface area contributed by atoms with E-state index in [1.165, 1.54) is 14.2 Å². The monoisotopic (exact) mass is 175 g/mol. The number of ether oxygens (including phenoxy) is 2. The van der Waals surface area contributed by atoms with E-state index in [2.05, 4.69) is 9.97 Å². The molecule has 1 heterocycles. The van der Waals surface area contributed by atoms with Crippen molar-refractivity contribution in [3.05, 3.63) is 11.2 Å². The Morgan fingerprint density at radius 3 is 2.73 bits per heavy atom. The van der Waals surface area contributed by atoms with Crippen LogP contribution >= 0.6 is 11.6 Å². The third kappa shape index (κ3) is 1.94. The largest absolute Gasteiger partial charge is 0.481 e. The van der Waals surface area contributed by atoms with Gasteiger partial charge in [0.05, 0.1) is 15.6 Å². The molecule has 0 aromatic carbocycles. The molecule has 0 aliphatic rings. The second-order valence-electron chi connectivity index (χ2n) is 1.64. The highest BCUT2D eigenvalue weighted by Crippen LogP contribution is 2.16. The Hall–Kier alpha value is -1.03. The van der Waals surface area contributed by atoms with Gasteiger partial charge < -0.3 is 9.47 Å². The van der Waals surface area contributed by atoms with E-state index in [0.29, 0.717) is 0 Å². The van der Waals surface area contributed by atoms with Gasteiger partial charge in [0.25, 0.3) is 0 Å². The molecule has 0 unspecified atom stereocenters. The summed E-state index contributed by atoms with van der Waals surface area (Å²) >= 11 is 5.58. The van der Waals surface area contributed by atoms with Gasteiger partial charge in [-0.2, -0.15) is 9.97 Å². The molecule has 1 rings (SSSR count). The van der Waals surface area contributed by atoms with Crippen LogP contribution in [-0.4, -0.2) is 24.2 Å². The molecule has 60 valence electrons. The van der Waals surface area contributed by atoms with E-state index >= 15 is 0 Å². The summed E-state index contributed by atoms with van der Waals surface area (Å²) in [6.07, 6.45) is 0. The number of hydrogen-bond donors (Lipinski definition) is 0. The van der Waals surface area contributed by atoms with Crippen molar-refractivity contribution in [1.29, 1.82) is 0 Å². The van der Waals surface area contributed by atoms with Crippen molar-refractivity contribution in [1.82, 2.24) is 9.97 Å². The molecule has 1 aromatic rings. The summed E-state index contributed by atoms with van der Waals surface area (Å²) < 4.78 is 16.8. The number of hydrogen-bond acceptors (Lipinski definition) is 4. The van der Waals surface area contributed by atoms with Crippen LogP contribution in [0, 0.1) is 0 Å². The average molecular weight is 176 g/mol. The van der Waals surface area contributed by atoms with Crippen molar-refractivity contribution >= 4 is 11.6 Å². The molecule has 0 radical (unpaired) electrons. The van der Waals surface area contributed by atoms with Gasteiger partial charge >= 0.3 is 6.01 Å². The number of rotatable bonds is 2. The summed E-state index contributed by atoms with van der Waals surface area (Å²) in [5, 5.41) is 0.0127. The average Bonchev–Trinajstić information content (AvgIpc) is 2.09. The van der Waals surface area contributed by atoms with E-state index in [4.69, 9.17) is 22.4 Å². The normalized spacial score (nSPS) is 10.6. The molecule has 0 bridgehead atoms. The first-order valence-corrected chi connectivity index (χ1v) is 3.19. The SMILES string of the molecule is [2H]c1c(Cl)nc(OC)nc1OC. The standard InChI is InChI=1S/C6H7ClN2O2/c1-10-5-3-4(7)8-6(9-5)11-2/h3H,1-2H3/i3D. The molecule has 0 amide bonds. The second kappa shape index (κ2) is 3.39. The Morgan fingerprint density at radius 1 is 1.45 bits per heavy atom. The molecule has 0 saturated carbocycles. The van der Waals surface area contributed by atoms with E-state index < -0.39 is 0 Å². The smallest absolute Gasteiger partial charge is 0.320 e. The number of aromatic nitrogens is 2. The highest BCUT2D eigenvalue weighted by molar-refractivity contribution is 6.29. The van der Waals surface area contributed by atoms with E-state index in [1.807, 2.05) is 0 Å². The van der Waals surface area contributed by atoms with Crippen molar-refractivity contribution in [3.8, 4) is 11.9 Å². The first-order valence-electron chi connectivity index (χ1n) is 3.31. The maximum absolute atomic E-state index is 7.33. The van der Waals surface area contributed by atoms with Crippen LogP contribution in [0.2, 0.25) is 5.15 Å². The maximum Gasteiger partial charge on any atom is 0.320 e. The molecule has 0 atom stereocenters. The Balaban J connectivity index is 3.19. The molecule has 0 N–H and O–H groups in total.